The zero-order valence-corrected chi connectivity index (χ0v) is 12.4. The molecular weight excluding hydrogens is 290 g/mol. The van der Waals surface area contributed by atoms with Crippen molar-refractivity contribution in [3.05, 3.63) is 35.3 Å². The van der Waals surface area contributed by atoms with Gasteiger partial charge in [0.1, 0.15) is 11.3 Å². The van der Waals surface area contributed by atoms with Gasteiger partial charge in [-0.15, -0.1) is 10.2 Å². The fraction of sp³-hybridized carbons (Fsp3) is 0.286. The van der Waals surface area contributed by atoms with Crippen molar-refractivity contribution in [1.29, 1.82) is 0 Å². The molecule has 1 aromatic carbocycles. The van der Waals surface area contributed by atoms with Crippen molar-refractivity contribution >= 4 is 28.2 Å². The predicted molar refractivity (Wildman–Crippen MR) is 79.7 cm³/mol. The number of rotatable bonds is 7. The molecule has 110 valence electrons. The van der Waals surface area contributed by atoms with Crippen molar-refractivity contribution in [1.82, 2.24) is 10.2 Å². The molecule has 6 nitrogen and oxygen atoms in total. The number of nitrogens with zero attached hydrogens (tertiary/aromatic N) is 2. The van der Waals surface area contributed by atoms with E-state index < -0.39 is 0 Å². The van der Waals surface area contributed by atoms with E-state index in [2.05, 4.69) is 15.5 Å². The van der Waals surface area contributed by atoms with Gasteiger partial charge in [-0.2, -0.15) is 0 Å². The highest BCUT2D eigenvalue weighted by Crippen LogP contribution is 2.14. The van der Waals surface area contributed by atoms with Crippen LogP contribution >= 0.6 is 11.3 Å². The number of ether oxygens (including phenoxy) is 1. The van der Waals surface area contributed by atoms with Gasteiger partial charge in [-0.25, -0.2) is 0 Å². The third kappa shape index (κ3) is 4.64. The second-order valence-electron chi connectivity index (χ2n) is 4.17. The summed E-state index contributed by atoms with van der Waals surface area (Å²) < 4.78 is 5.31. The Morgan fingerprint density at radius 2 is 2.00 bits per heavy atom. The number of hydrogen-bond donors (Lipinski definition) is 1. The van der Waals surface area contributed by atoms with Crippen LogP contribution < -0.4 is 10.1 Å². The van der Waals surface area contributed by atoms with Crippen molar-refractivity contribution in [3.8, 4) is 5.75 Å². The summed E-state index contributed by atoms with van der Waals surface area (Å²) in [6.07, 6.45) is 0.268. The van der Waals surface area contributed by atoms with E-state index in [1.165, 1.54) is 16.8 Å². The van der Waals surface area contributed by atoms with Gasteiger partial charge in [-0.3, -0.25) is 9.59 Å². The molecule has 0 radical (unpaired) electrons. The molecule has 2 rings (SSSR count). The van der Waals surface area contributed by atoms with Crippen LogP contribution in [-0.2, 0) is 4.79 Å². The molecule has 0 aliphatic carbocycles. The zero-order valence-electron chi connectivity index (χ0n) is 11.5. The van der Waals surface area contributed by atoms with E-state index >= 15 is 0 Å². The van der Waals surface area contributed by atoms with Gasteiger partial charge < -0.3 is 10.1 Å². The van der Waals surface area contributed by atoms with E-state index in [-0.39, 0.29) is 24.5 Å². The lowest BCUT2D eigenvalue weighted by molar-refractivity contribution is -0.116. The summed E-state index contributed by atoms with van der Waals surface area (Å²) >= 11 is 1.24. The standard InChI is InChI=1S/C14H15N3O3S/c1-2-20-11-5-3-10(4-6-11)12(18)7-8-13(19)16-14-17-15-9-21-14/h3-6,9H,2,7-8H2,1H3,(H,16,17,19). The maximum Gasteiger partial charge on any atom is 0.226 e. The average Bonchev–Trinajstić information content (AvgIpc) is 2.99. The van der Waals surface area contributed by atoms with Gasteiger partial charge in [0.15, 0.2) is 5.78 Å². The van der Waals surface area contributed by atoms with E-state index in [1.54, 1.807) is 24.3 Å². The highest BCUT2D eigenvalue weighted by Gasteiger charge is 2.10. The molecule has 0 fully saturated rings. The average molecular weight is 305 g/mol. The van der Waals surface area contributed by atoms with Crippen LogP contribution in [0.15, 0.2) is 29.8 Å². The highest BCUT2D eigenvalue weighted by atomic mass is 32.1. The quantitative estimate of drug-likeness (QED) is 0.795. The third-order valence-electron chi connectivity index (χ3n) is 2.67. The van der Waals surface area contributed by atoms with Gasteiger partial charge in [0.25, 0.3) is 0 Å². The molecule has 0 bridgehead atoms. The monoisotopic (exact) mass is 305 g/mol. The molecule has 0 unspecified atom stereocenters. The van der Waals surface area contributed by atoms with Crippen LogP contribution in [0, 0.1) is 0 Å². The molecule has 0 aliphatic heterocycles. The number of carbonyl (C=O) groups is 2. The molecule has 1 amide bonds. The number of benzene rings is 1. The fourth-order valence-electron chi connectivity index (χ4n) is 1.68. The molecule has 0 spiro atoms. The van der Waals surface area contributed by atoms with Crippen molar-refractivity contribution < 1.29 is 14.3 Å². The number of anilines is 1. The Hall–Kier alpha value is -2.28. The molecule has 0 saturated carbocycles. The Kier molecular flexibility index (Phi) is 5.39. The maximum atomic E-state index is 12.0. The molecule has 0 atom stereocenters. The Labute approximate surface area is 126 Å². The van der Waals surface area contributed by atoms with Crippen molar-refractivity contribution in [2.24, 2.45) is 0 Å². The molecule has 7 heteroatoms. The van der Waals surface area contributed by atoms with Crippen LogP contribution in [0.3, 0.4) is 0 Å². The molecule has 1 heterocycles. The van der Waals surface area contributed by atoms with Gasteiger partial charge >= 0.3 is 0 Å². The van der Waals surface area contributed by atoms with Gasteiger partial charge in [-0.05, 0) is 31.2 Å². The maximum absolute atomic E-state index is 12.0. The Morgan fingerprint density at radius 3 is 2.62 bits per heavy atom. The number of hydrogen-bond acceptors (Lipinski definition) is 6. The first-order valence-electron chi connectivity index (χ1n) is 6.51. The lowest BCUT2D eigenvalue weighted by Crippen LogP contribution is -2.13. The van der Waals surface area contributed by atoms with Crippen molar-refractivity contribution in [3.63, 3.8) is 0 Å². The minimum atomic E-state index is -0.244. The Morgan fingerprint density at radius 1 is 1.24 bits per heavy atom. The number of amides is 1. The molecule has 0 saturated heterocycles. The zero-order chi connectivity index (χ0) is 15.1. The summed E-state index contributed by atoms with van der Waals surface area (Å²) in [5.41, 5.74) is 2.10. The molecule has 0 aliphatic rings. The summed E-state index contributed by atoms with van der Waals surface area (Å²) in [5.74, 6) is 0.402. The summed E-state index contributed by atoms with van der Waals surface area (Å²) in [4.78, 5) is 23.6. The van der Waals surface area contributed by atoms with Crippen molar-refractivity contribution in [2.45, 2.75) is 19.8 Å². The number of nitrogens with one attached hydrogen (secondary N) is 1. The van der Waals surface area contributed by atoms with Crippen molar-refractivity contribution in [2.75, 3.05) is 11.9 Å². The summed E-state index contributed by atoms with van der Waals surface area (Å²) in [7, 11) is 0. The van der Waals surface area contributed by atoms with Crippen LogP contribution in [0.25, 0.3) is 0 Å². The van der Waals surface area contributed by atoms with E-state index in [0.29, 0.717) is 17.3 Å². The molecule has 1 N–H and O–H groups in total. The minimum Gasteiger partial charge on any atom is -0.494 e. The Bertz CT molecular complexity index is 596. The molecule has 2 aromatic rings. The topological polar surface area (TPSA) is 81.2 Å². The second kappa shape index (κ2) is 7.49. The van der Waals surface area contributed by atoms with Crippen LogP contribution in [0.1, 0.15) is 30.1 Å². The first-order valence-corrected chi connectivity index (χ1v) is 7.39. The lowest BCUT2D eigenvalue weighted by Gasteiger charge is -2.04. The predicted octanol–water partition coefficient (Wildman–Crippen LogP) is 2.54. The fourth-order valence-corrected chi connectivity index (χ4v) is 2.15. The molecule has 21 heavy (non-hydrogen) atoms. The van der Waals surface area contributed by atoms with Crippen LogP contribution in [-0.4, -0.2) is 28.5 Å². The summed E-state index contributed by atoms with van der Waals surface area (Å²) in [6, 6.07) is 6.90. The lowest BCUT2D eigenvalue weighted by atomic mass is 10.1. The first kappa shape index (κ1) is 15.1. The second-order valence-corrected chi connectivity index (χ2v) is 5.01. The van der Waals surface area contributed by atoms with Gasteiger partial charge in [-0.1, -0.05) is 11.3 Å². The number of carbonyl (C=O) groups excluding carboxylic acids is 2. The molecular formula is C14H15N3O3S. The third-order valence-corrected chi connectivity index (χ3v) is 3.28. The summed E-state index contributed by atoms with van der Waals surface area (Å²) in [6.45, 7) is 2.48. The summed E-state index contributed by atoms with van der Waals surface area (Å²) in [5, 5.41) is 10.3. The van der Waals surface area contributed by atoms with E-state index in [9.17, 15) is 9.59 Å². The van der Waals surface area contributed by atoms with Gasteiger partial charge in [0.2, 0.25) is 11.0 Å². The largest absolute Gasteiger partial charge is 0.494 e. The van der Waals surface area contributed by atoms with Crippen LogP contribution in [0.2, 0.25) is 0 Å². The first-order chi connectivity index (χ1) is 10.2. The number of aromatic nitrogens is 2. The number of ketones is 1. The SMILES string of the molecule is CCOc1ccc(C(=O)CCC(=O)Nc2nncs2)cc1. The van der Waals surface area contributed by atoms with E-state index in [0.717, 1.165) is 5.75 Å². The number of Topliss-reactive ketones (excluding diaryl/α,β-unsaturated/α-hetero) is 1. The molecule has 1 aromatic heterocycles. The normalized spacial score (nSPS) is 10.1. The van der Waals surface area contributed by atoms with E-state index in [1.807, 2.05) is 6.92 Å². The minimum absolute atomic E-state index is 0.0783. The van der Waals surface area contributed by atoms with Gasteiger partial charge in [0.05, 0.1) is 6.61 Å². The van der Waals surface area contributed by atoms with E-state index in [4.69, 9.17) is 4.74 Å². The highest BCUT2D eigenvalue weighted by molar-refractivity contribution is 7.13. The van der Waals surface area contributed by atoms with Crippen LogP contribution in [0.4, 0.5) is 5.13 Å². The smallest absolute Gasteiger partial charge is 0.226 e. The van der Waals surface area contributed by atoms with Gasteiger partial charge in [0, 0.05) is 18.4 Å². The Balaban J connectivity index is 1.82. The van der Waals surface area contributed by atoms with Crippen LogP contribution in [0.5, 0.6) is 5.75 Å².